The maximum absolute atomic E-state index is 13.9. The first-order chi connectivity index (χ1) is 13.1. The number of H-pyrrole nitrogens is 1. The molecule has 8 heteroatoms. The Morgan fingerprint density at radius 1 is 1.44 bits per heavy atom. The number of aromatic amines is 1. The summed E-state index contributed by atoms with van der Waals surface area (Å²) in [6.45, 7) is 1.20. The summed E-state index contributed by atoms with van der Waals surface area (Å²) < 4.78 is 18.9. The highest BCUT2D eigenvalue weighted by molar-refractivity contribution is 5.83. The van der Waals surface area contributed by atoms with Crippen LogP contribution in [0.2, 0.25) is 0 Å². The number of nitrogens with zero attached hydrogens (tertiary/aromatic N) is 2. The van der Waals surface area contributed by atoms with Gasteiger partial charge >= 0.3 is 0 Å². The minimum absolute atomic E-state index is 0.0555. The van der Waals surface area contributed by atoms with E-state index < -0.39 is 0 Å². The highest BCUT2D eigenvalue weighted by atomic mass is 19.1. The molecule has 2 amide bonds. The van der Waals surface area contributed by atoms with Crippen LogP contribution in [0.4, 0.5) is 4.39 Å². The van der Waals surface area contributed by atoms with Crippen LogP contribution in [0.5, 0.6) is 0 Å². The lowest BCUT2D eigenvalue weighted by Gasteiger charge is -2.32. The van der Waals surface area contributed by atoms with Crippen LogP contribution in [-0.4, -0.2) is 40.6 Å². The minimum atomic E-state index is -0.344. The monoisotopic (exact) mass is 374 g/mol. The lowest BCUT2D eigenvalue weighted by molar-refractivity contribution is -0.139. The SMILES string of the molecule is COCc1cc(CNC(=O)[C@H]2CCC(=O)N(Cc3ccccc3F)C2)[nH]n1. The molecular weight excluding hydrogens is 351 g/mol. The summed E-state index contributed by atoms with van der Waals surface area (Å²) in [5.41, 5.74) is 2.00. The third-order valence-electron chi connectivity index (χ3n) is 4.62. The van der Waals surface area contributed by atoms with Gasteiger partial charge in [0.15, 0.2) is 0 Å². The number of amides is 2. The number of piperidine rings is 1. The van der Waals surface area contributed by atoms with Gasteiger partial charge in [0.1, 0.15) is 5.82 Å². The Morgan fingerprint density at radius 3 is 3.04 bits per heavy atom. The maximum atomic E-state index is 13.9. The Balaban J connectivity index is 1.55. The van der Waals surface area contributed by atoms with Gasteiger partial charge in [-0.2, -0.15) is 5.10 Å². The van der Waals surface area contributed by atoms with E-state index in [-0.39, 0.29) is 43.1 Å². The Labute approximate surface area is 156 Å². The van der Waals surface area contributed by atoms with Crippen molar-refractivity contribution in [1.29, 1.82) is 0 Å². The number of likely N-dealkylation sites (tertiary alicyclic amines) is 1. The molecule has 0 saturated carbocycles. The van der Waals surface area contributed by atoms with Crippen molar-refractivity contribution in [3.8, 4) is 0 Å². The molecule has 1 atom stereocenters. The van der Waals surface area contributed by atoms with Crippen molar-refractivity contribution in [3.63, 3.8) is 0 Å². The van der Waals surface area contributed by atoms with E-state index in [1.165, 1.54) is 6.07 Å². The van der Waals surface area contributed by atoms with E-state index in [2.05, 4.69) is 15.5 Å². The molecule has 1 aliphatic heterocycles. The summed E-state index contributed by atoms with van der Waals surface area (Å²) in [7, 11) is 1.59. The average molecular weight is 374 g/mol. The molecule has 3 rings (SSSR count). The van der Waals surface area contributed by atoms with Gasteiger partial charge in [0, 0.05) is 32.2 Å². The Kier molecular flexibility index (Phi) is 6.18. The van der Waals surface area contributed by atoms with E-state index in [4.69, 9.17) is 4.74 Å². The zero-order chi connectivity index (χ0) is 19.2. The van der Waals surface area contributed by atoms with Crippen LogP contribution in [0.25, 0.3) is 0 Å². The van der Waals surface area contributed by atoms with Crippen molar-refractivity contribution in [2.75, 3.05) is 13.7 Å². The largest absolute Gasteiger partial charge is 0.378 e. The van der Waals surface area contributed by atoms with E-state index in [1.54, 1.807) is 30.2 Å². The molecule has 1 aromatic carbocycles. The molecule has 7 nitrogen and oxygen atoms in total. The molecule has 1 saturated heterocycles. The van der Waals surface area contributed by atoms with E-state index in [0.717, 1.165) is 11.4 Å². The number of hydrogen-bond donors (Lipinski definition) is 2. The van der Waals surface area contributed by atoms with Crippen molar-refractivity contribution in [2.24, 2.45) is 5.92 Å². The number of nitrogens with one attached hydrogen (secondary N) is 2. The fourth-order valence-corrected chi connectivity index (χ4v) is 3.16. The quantitative estimate of drug-likeness (QED) is 0.773. The standard InChI is InChI=1S/C19H23FN4O3/c1-27-12-16-8-15(22-23-16)9-21-19(26)14-6-7-18(25)24(11-14)10-13-4-2-3-5-17(13)20/h2-5,8,14H,6-7,9-12H2,1H3,(H,21,26)(H,22,23)/t14-/m0/s1. The van der Waals surface area contributed by atoms with Crippen LogP contribution < -0.4 is 5.32 Å². The summed E-state index contributed by atoms with van der Waals surface area (Å²) in [6, 6.07) is 8.21. The number of benzene rings is 1. The minimum Gasteiger partial charge on any atom is -0.378 e. The lowest BCUT2D eigenvalue weighted by atomic mass is 9.96. The van der Waals surface area contributed by atoms with Crippen LogP contribution in [0.15, 0.2) is 30.3 Å². The molecule has 1 fully saturated rings. The van der Waals surface area contributed by atoms with Crippen LogP contribution in [0, 0.1) is 11.7 Å². The first-order valence-corrected chi connectivity index (χ1v) is 8.88. The van der Waals surface area contributed by atoms with Gasteiger partial charge in [0.25, 0.3) is 0 Å². The molecule has 144 valence electrons. The van der Waals surface area contributed by atoms with E-state index in [1.807, 2.05) is 6.07 Å². The zero-order valence-electron chi connectivity index (χ0n) is 15.2. The lowest BCUT2D eigenvalue weighted by Crippen LogP contribution is -2.45. The molecule has 2 heterocycles. The smallest absolute Gasteiger partial charge is 0.225 e. The van der Waals surface area contributed by atoms with Gasteiger partial charge in [-0.15, -0.1) is 0 Å². The topological polar surface area (TPSA) is 87.3 Å². The number of carbonyl (C=O) groups is 2. The summed E-state index contributed by atoms with van der Waals surface area (Å²) in [6.07, 6.45) is 0.783. The van der Waals surface area contributed by atoms with E-state index in [0.29, 0.717) is 25.1 Å². The number of halogens is 1. The van der Waals surface area contributed by atoms with Crippen LogP contribution in [-0.2, 0) is 34.0 Å². The molecule has 0 bridgehead atoms. The molecule has 0 spiro atoms. The fraction of sp³-hybridized carbons (Fsp3) is 0.421. The van der Waals surface area contributed by atoms with Crippen molar-refractivity contribution in [2.45, 2.75) is 32.5 Å². The van der Waals surface area contributed by atoms with Crippen molar-refractivity contribution in [3.05, 3.63) is 53.1 Å². The fourth-order valence-electron chi connectivity index (χ4n) is 3.16. The second-order valence-electron chi connectivity index (χ2n) is 6.64. The second kappa shape index (κ2) is 8.77. The number of methoxy groups -OCH3 is 1. The first-order valence-electron chi connectivity index (χ1n) is 8.88. The van der Waals surface area contributed by atoms with Gasteiger partial charge in [0.2, 0.25) is 11.8 Å². The summed E-state index contributed by atoms with van der Waals surface area (Å²) in [5, 5.41) is 9.81. The van der Waals surface area contributed by atoms with Gasteiger partial charge in [0.05, 0.1) is 30.5 Å². The third kappa shape index (κ3) is 4.91. The molecular formula is C19H23FN4O3. The average Bonchev–Trinajstić information content (AvgIpc) is 3.11. The predicted molar refractivity (Wildman–Crippen MR) is 95.7 cm³/mol. The molecule has 2 aromatic rings. The maximum Gasteiger partial charge on any atom is 0.225 e. The van der Waals surface area contributed by atoms with E-state index in [9.17, 15) is 14.0 Å². The molecule has 1 aliphatic rings. The number of rotatable bonds is 7. The normalized spacial score (nSPS) is 17.2. The van der Waals surface area contributed by atoms with Gasteiger partial charge in [-0.25, -0.2) is 4.39 Å². The van der Waals surface area contributed by atoms with Gasteiger partial charge < -0.3 is 15.0 Å². The highest BCUT2D eigenvalue weighted by Crippen LogP contribution is 2.21. The molecule has 2 N–H and O–H groups in total. The van der Waals surface area contributed by atoms with Crippen molar-refractivity contribution < 1.29 is 18.7 Å². The van der Waals surface area contributed by atoms with Gasteiger partial charge in [-0.3, -0.25) is 14.7 Å². The van der Waals surface area contributed by atoms with Crippen LogP contribution >= 0.6 is 0 Å². The predicted octanol–water partition coefficient (Wildman–Crippen LogP) is 1.75. The van der Waals surface area contributed by atoms with Crippen molar-refractivity contribution in [1.82, 2.24) is 20.4 Å². The summed E-state index contributed by atoms with van der Waals surface area (Å²) in [4.78, 5) is 26.2. The molecule has 1 aromatic heterocycles. The number of carbonyl (C=O) groups excluding carboxylic acids is 2. The van der Waals surface area contributed by atoms with Gasteiger partial charge in [-0.1, -0.05) is 18.2 Å². The molecule has 0 unspecified atom stereocenters. The summed E-state index contributed by atoms with van der Waals surface area (Å²) >= 11 is 0. The van der Waals surface area contributed by atoms with Crippen LogP contribution in [0.1, 0.15) is 29.8 Å². The number of hydrogen-bond acceptors (Lipinski definition) is 4. The molecule has 0 aliphatic carbocycles. The second-order valence-corrected chi connectivity index (χ2v) is 6.64. The Hall–Kier alpha value is -2.74. The van der Waals surface area contributed by atoms with Crippen molar-refractivity contribution >= 4 is 11.8 Å². The highest BCUT2D eigenvalue weighted by Gasteiger charge is 2.30. The molecule has 27 heavy (non-hydrogen) atoms. The first kappa shape index (κ1) is 19.0. The van der Waals surface area contributed by atoms with E-state index >= 15 is 0 Å². The molecule has 0 radical (unpaired) electrons. The zero-order valence-corrected chi connectivity index (χ0v) is 15.2. The third-order valence-corrected chi connectivity index (χ3v) is 4.62. The number of ether oxygens (including phenoxy) is 1. The number of aromatic nitrogens is 2. The van der Waals surface area contributed by atoms with Gasteiger partial charge in [-0.05, 0) is 18.6 Å². The summed E-state index contributed by atoms with van der Waals surface area (Å²) in [5.74, 6) is -0.831. The Bertz CT molecular complexity index is 808. The Morgan fingerprint density at radius 2 is 2.26 bits per heavy atom. The van der Waals surface area contributed by atoms with Crippen LogP contribution in [0.3, 0.4) is 0 Å².